The maximum Gasteiger partial charge on any atom is 0.228 e. The van der Waals surface area contributed by atoms with E-state index in [2.05, 4.69) is 30.0 Å². The Balaban J connectivity index is 1.57. The third-order valence-corrected chi connectivity index (χ3v) is 4.92. The number of anilines is 3. The maximum absolute atomic E-state index is 6.20. The number of hydrogen-bond donors (Lipinski definition) is 1. The van der Waals surface area contributed by atoms with E-state index in [0.717, 1.165) is 37.4 Å². The summed E-state index contributed by atoms with van der Waals surface area (Å²) >= 11 is 5.81. The molecule has 1 aliphatic rings. The van der Waals surface area contributed by atoms with E-state index in [1.165, 1.54) is 0 Å². The van der Waals surface area contributed by atoms with E-state index in [1.807, 2.05) is 12.1 Å². The van der Waals surface area contributed by atoms with Gasteiger partial charge in [-0.1, -0.05) is 11.6 Å². The first-order valence-corrected chi connectivity index (χ1v) is 9.15. The molecule has 10 heteroatoms. The highest BCUT2D eigenvalue weighted by molar-refractivity contribution is 6.29. The predicted molar refractivity (Wildman–Crippen MR) is 109 cm³/mol. The van der Waals surface area contributed by atoms with Gasteiger partial charge in [0.25, 0.3) is 0 Å². The SMILES string of the molecule is COc1cc2nc(N3CCN(c4ccc(Cl)nn4)CC3)nc(N)c2cc1OC. The summed E-state index contributed by atoms with van der Waals surface area (Å²) in [6, 6.07) is 7.22. The molecule has 3 aromatic rings. The summed E-state index contributed by atoms with van der Waals surface area (Å²) in [4.78, 5) is 13.4. The van der Waals surface area contributed by atoms with Gasteiger partial charge in [-0.3, -0.25) is 0 Å². The molecule has 0 aliphatic carbocycles. The van der Waals surface area contributed by atoms with Crippen molar-refractivity contribution >= 4 is 40.1 Å². The molecule has 0 radical (unpaired) electrons. The van der Waals surface area contributed by atoms with Gasteiger partial charge in [0.15, 0.2) is 22.5 Å². The van der Waals surface area contributed by atoms with E-state index in [-0.39, 0.29) is 0 Å². The summed E-state index contributed by atoms with van der Waals surface area (Å²) in [5.41, 5.74) is 6.91. The zero-order valence-electron chi connectivity index (χ0n) is 15.6. The first-order chi connectivity index (χ1) is 13.6. The van der Waals surface area contributed by atoms with E-state index >= 15 is 0 Å². The van der Waals surface area contributed by atoms with Crippen LogP contribution in [-0.2, 0) is 0 Å². The molecule has 28 heavy (non-hydrogen) atoms. The van der Waals surface area contributed by atoms with Crippen LogP contribution in [0, 0.1) is 0 Å². The van der Waals surface area contributed by atoms with Crippen molar-refractivity contribution in [3.05, 3.63) is 29.4 Å². The maximum atomic E-state index is 6.20. The molecule has 9 nitrogen and oxygen atoms in total. The molecule has 0 atom stereocenters. The first-order valence-electron chi connectivity index (χ1n) is 8.77. The number of hydrogen-bond acceptors (Lipinski definition) is 9. The highest BCUT2D eigenvalue weighted by Crippen LogP contribution is 2.34. The van der Waals surface area contributed by atoms with Crippen LogP contribution in [-0.4, -0.2) is 60.6 Å². The number of ether oxygens (including phenoxy) is 2. The number of nitrogens with zero attached hydrogens (tertiary/aromatic N) is 6. The molecule has 1 saturated heterocycles. The van der Waals surface area contributed by atoms with Crippen LogP contribution >= 0.6 is 11.6 Å². The van der Waals surface area contributed by atoms with Crippen LogP contribution in [0.3, 0.4) is 0 Å². The van der Waals surface area contributed by atoms with E-state index in [4.69, 9.17) is 26.8 Å². The standard InChI is InChI=1S/C18H20ClN7O2/c1-27-13-9-11-12(10-14(13)28-2)21-18(22-17(11)20)26-7-5-25(6-8-26)16-4-3-15(19)23-24-16/h3-4,9-10H,5-8H2,1-2H3,(H2,20,21,22). The van der Waals surface area contributed by atoms with Crippen molar-refractivity contribution in [3.8, 4) is 11.5 Å². The van der Waals surface area contributed by atoms with Crippen molar-refractivity contribution in [3.63, 3.8) is 0 Å². The summed E-state index contributed by atoms with van der Waals surface area (Å²) in [5, 5.41) is 9.16. The van der Waals surface area contributed by atoms with Crippen LogP contribution in [0.1, 0.15) is 0 Å². The van der Waals surface area contributed by atoms with Gasteiger partial charge in [0.2, 0.25) is 5.95 Å². The van der Waals surface area contributed by atoms with Crippen molar-refractivity contribution in [1.82, 2.24) is 20.2 Å². The topological polar surface area (TPSA) is 103 Å². The number of benzene rings is 1. The zero-order valence-corrected chi connectivity index (χ0v) is 16.3. The number of piperazine rings is 1. The average molecular weight is 402 g/mol. The van der Waals surface area contributed by atoms with Gasteiger partial charge in [0, 0.05) is 37.6 Å². The van der Waals surface area contributed by atoms with Gasteiger partial charge in [-0.15, -0.1) is 10.2 Å². The lowest BCUT2D eigenvalue weighted by atomic mass is 10.2. The Labute approximate surface area is 167 Å². The second kappa shape index (κ2) is 7.51. The summed E-state index contributed by atoms with van der Waals surface area (Å²) < 4.78 is 10.7. The van der Waals surface area contributed by atoms with Gasteiger partial charge in [-0.2, -0.15) is 4.98 Å². The Hall–Kier alpha value is -3.07. The highest BCUT2D eigenvalue weighted by atomic mass is 35.5. The van der Waals surface area contributed by atoms with Gasteiger partial charge in [-0.25, -0.2) is 4.98 Å². The number of rotatable bonds is 4. The quantitative estimate of drug-likeness (QED) is 0.702. The first kappa shape index (κ1) is 18.3. The Morgan fingerprint density at radius 3 is 2.25 bits per heavy atom. The molecule has 0 amide bonds. The average Bonchev–Trinajstić information content (AvgIpc) is 2.73. The molecular weight excluding hydrogens is 382 g/mol. The molecule has 3 heterocycles. The lowest BCUT2D eigenvalue weighted by Gasteiger charge is -2.35. The second-order valence-electron chi connectivity index (χ2n) is 6.32. The second-order valence-corrected chi connectivity index (χ2v) is 6.71. The number of halogens is 1. The molecular formula is C18H20ClN7O2. The van der Waals surface area contributed by atoms with Crippen molar-refractivity contribution < 1.29 is 9.47 Å². The zero-order chi connectivity index (χ0) is 19.7. The lowest BCUT2D eigenvalue weighted by molar-refractivity contribution is 0.356. The lowest BCUT2D eigenvalue weighted by Crippen LogP contribution is -2.47. The molecule has 0 saturated carbocycles. The van der Waals surface area contributed by atoms with Crippen LogP contribution < -0.4 is 25.0 Å². The molecule has 1 aliphatic heterocycles. The smallest absolute Gasteiger partial charge is 0.228 e. The normalized spacial score (nSPS) is 14.4. The van der Waals surface area contributed by atoms with Gasteiger partial charge in [0.1, 0.15) is 5.82 Å². The van der Waals surface area contributed by atoms with Crippen molar-refractivity contribution in [1.29, 1.82) is 0 Å². The molecule has 4 rings (SSSR count). The third-order valence-electron chi connectivity index (χ3n) is 4.72. The largest absolute Gasteiger partial charge is 0.493 e. The Morgan fingerprint density at radius 2 is 1.61 bits per heavy atom. The molecule has 1 fully saturated rings. The van der Waals surface area contributed by atoms with E-state index in [0.29, 0.717) is 33.9 Å². The molecule has 0 unspecified atom stereocenters. The molecule has 0 bridgehead atoms. The van der Waals surface area contributed by atoms with Gasteiger partial charge in [0.05, 0.1) is 19.7 Å². The monoisotopic (exact) mass is 401 g/mol. The van der Waals surface area contributed by atoms with Crippen molar-refractivity contribution in [2.45, 2.75) is 0 Å². The fraction of sp³-hybridized carbons (Fsp3) is 0.333. The van der Waals surface area contributed by atoms with Crippen LogP contribution in [0.2, 0.25) is 5.15 Å². The molecule has 1 aromatic carbocycles. The van der Waals surface area contributed by atoms with E-state index in [1.54, 1.807) is 26.4 Å². The number of methoxy groups -OCH3 is 2. The van der Waals surface area contributed by atoms with Gasteiger partial charge >= 0.3 is 0 Å². The number of nitrogen functional groups attached to an aromatic ring is 1. The van der Waals surface area contributed by atoms with E-state index in [9.17, 15) is 0 Å². The molecule has 2 aromatic heterocycles. The Bertz CT molecular complexity index is 991. The fourth-order valence-corrected chi connectivity index (χ4v) is 3.32. The number of nitrogens with two attached hydrogens (primary N) is 1. The van der Waals surface area contributed by atoms with Gasteiger partial charge < -0.3 is 25.0 Å². The minimum atomic E-state index is 0.384. The van der Waals surface area contributed by atoms with Crippen molar-refractivity contribution in [2.75, 3.05) is 55.9 Å². The van der Waals surface area contributed by atoms with Crippen molar-refractivity contribution in [2.24, 2.45) is 0 Å². The number of aromatic nitrogens is 4. The highest BCUT2D eigenvalue weighted by Gasteiger charge is 2.22. The summed E-state index contributed by atoms with van der Waals surface area (Å²) in [7, 11) is 3.17. The third kappa shape index (κ3) is 3.40. The molecule has 2 N–H and O–H groups in total. The van der Waals surface area contributed by atoms with Gasteiger partial charge in [-0.05, 0) is 18.2 Å². The van der Waals surface area contributed by atoms with Crippen LogP contribution in [0.5, 0.6) is 11.5 Å². The number of fused-ring (bicyclic) bond motifs is 1. The molecule has 0 spiro atoms. The van der Waals surface area contributed by atoms with E-state index < -0.39 is 0 Å². The van der Waals surface area contributed by atoms with Crippen LogP contribution in [0.4, 0.5) is 17.6 Å². The minimum absolute atomic E-state index is 0.384. The van der Waals surface area contributed by atoms with Crippen LogP contribution in [0.15, 0.2) is 24.3 Å². The fourth-order valence-electron chi connectivity index (χ4n) is 3.22. The van der Waals surface area contributed by atoms with Crippen LogP contribution in [0.25, 0.3) is 10.9 Å². The summed E-state index contributed by atoms with van der Waals surface area (Å²) in [6.07, 6.45) is 0. The molecule has 146 valence electrons. The Kier molecular flexibility index (Phi) is 4.91. The predicted octanol–water partition coefficient (Wildman–Crippen LogP) is 2.00. The summed E-state index contributed by atoms with van der Waals surface area (Å²) in [6.45, 7) is 3.01. The summed E-state index contributed by atoms with van der Waals surface area (Å²) in [5.74, 6) is 3.01. The minimum Gasteiger partial charge on any atom is -0.493 e. The Morgan fingerprint density at radius 1 is 0.929 bits per heavy atom.